The number of benzene rings is 3. The maximum atomic E-state index is 13.3. The monoisotopic (exact) mass is 425 g/mol. The summed E-state index contributed by atoms with van der Waals surface area (Å²) in [5.41, 5.74) is 7.65. The number of aryl methyl sites for hydroxylation is 2. The van der Waals surface area contributed by atoms with Crippen LogP contribution in [0.3, 0.4) is 0 Å². The predicted octanol–water partition coefficient (Wildman–Crippen LogP) is 5.36. The van der Waals surface area contributed by atoms with Crippen LogP contribution in [-0.2, 0) is 5.41 Å². The molecular weight excluding hydrogens is 398 g/mol. The van der Waals surface area contributed by atoms with Crippen LogP contribution in [0.1, 0.15) is 47.8 Å². The van der Waals surface area contributed by atoms with Crippen molar-refractivity contribution in [3.8, 4) is 11.4 Å². The number of rotatable bonds is 3. The normalized spacial score (nSPS) is 11.5. The minimum absolute atomic E-state index is 0.00925. The van der Waals surface area contributed by atoms with E-state index in [1.165, 1.54) is 4.68 Å². The zero-order valence-electron chi connectivity index (χ0n) is 19.1. The highest BCUT2D eigenvalue weighted by Crippen LogP contribution is 2.23. The van der Waals surface area contributed by atoms with Crippen molar-refractivity contribution in [3.05, 3.63) is 99.3 Å². The Hall–Kier alpha value is -3.73. The van der Waals surface area contributed by atoms with E-state index in [1.54, 1.807) is 30.3 Å². The van der Waals surface area contributed by atoms with Gasteiger partial charge in [-0.1, -0.05) is 57.2 Å². The number of nitrogens with one attached hydrogen (secondary N) is 1. The number of nitrogens with zero attached hydrogens (tertiary/aromatic N) is 2. The molecule has 32 heavy (non-hydrogen) atoms. The zero-order chi connectivity index (χ0) is 23.0. The number of amides is 1. The molecule has 1 heterocycles. The van der Waals surface area contributed by atoms with Crippen LogP contribution in [0.15, 0.2) is 71.5 Å². The third kappa shape index (κ3) is 4.06. The molecular formula is C27H27N3O2. The van der Waals surface area contributed by atoms with E-state index in [4.69, 9.17) is 4.98 Å². The molecule has 0 radical (unpaired) electrons. The fourth-order valence-corrected chi connectivity index (χ4v) is 3.60. The Bertz CT molecular complexity index is 1380. The van der Waals surface area contributed by atoms with Gasteiger partial charge in [-0.15, -0.1) is 0 Å². The standard InChI is InChI=1S/C27H27N3O2/c1-17-10-11-20(16-18(17)2)24-28-23-9-7-6-8-22(23)26(32)30(24)29-25(31)19-12-14-21(15-13-19)27(3,4)5/h6-16H,1-5H3,(H,29,31). The molecule has 0 unspecified atom stereocenters. The van der Waals surface area contributed by atoms with E-state index in [2.05, 4.69) is 26.2 Å². The van der Waals surface area contributed by atoms with Gasteiger partial charge in [0.05, 0.1) is 10.9 Å². The molecule has 0 saturated carbocycles. The molecule has 0 aliphatic rings. The molecule has 5 heteroatoms. The van der Waals surface area contributed by atoms with E-state index < -0.39 is 0 Å². The van der Waals surface area contributed by atoms with Gasteiger partial charge in [0, 0.05) is 11.1 Å². The highest BCUT2D eigenvalue weighted by molar-refractivity contribution is 6.00. The number of carbonyl (C=O) groups is 1. The van der Waals surface area contributed by atoms with Crippen LogP contribution in [0.2, 0.25) is 0 Å². The molecule has 162 valence electrons. The fourth-order valence-electron chi connectivity index (χ4n) is 3.60. The quantitative estimate of drug-likeness (QED) is 0.480. The molecule has 5 nitrogen and oxygen atoms in total. The summed E-state index contributed by atoms with van der Waals surface area (Å²) in [5.74, 6) is 0.0335. The second-order valence-electron chi connectivity index (χ2n) is 9.16. The molecule has 3 aromatic carbocycles. The van der Waals surface area contributed by atoms with Crippen molar-refractivity contribution in [3.63, 3.8) is 0 Å². The van der Waals surface area contributed by atoms with E-state index in [1.807, 2.05) is 50.2 Å². The van der Waals surface area contributed by atoms with Crippen molar-refractivity contribution in [1.29, 1.82) is 0 Å². The largest absolute Gasteiger partial charge is 0.280 e. The van der Waals surface area contributed by atoms with Crippen molar-refractivity contribution >= 4 is 16.8 Å². The zero-order valence-corrected chi connectivity index (χ0v) is 19.1. The maximum Gasteiger partial charge on any atom is 0.280 e. The maximum absolute atomic E-state index is 13.3. The Morgan fingerprint density at radius 2 is 1.59 bits per heavy atom. The molecule has 0 aliphatic heterocycles. The van der Waals surface area contributed by atoms with Gasteiger partial charge in [0.25, 0.3) is 11.5 Å². The van der Waals surface area contributed by atoms with Crippen molar-refractivity contribution < 1.29 is 4.79 Å². The van der Waals surface area contributed by atoms with Crippen LogP contribution in [0.5, 0.6) is 0 Å². The van der Waals surface area contributed by atoms with Crippen molar-refractivity contribution in [2.24, 2.45) is 0 Å². The summed E-state index contributed by atoms with van der Waals surface area (Å²) in [5, 5.41) is 0.448. The lowest BCUT2D eigenvalue weighted by Gasteiger charge is -2.19. The Kier molecular flexibility index (Phi) is 5.43. The predicted molar refractivity (Wildman–Crippen MR) is 130 cm³/mol. The van der Waals surface area contributed by atoms with Gasteiger partial charge in [-0.2, -0.15) is 4.68 Å². The molecule has 0 spiro atoms. The lowest BCUT2D eigenvalue weighted by atomic mass is 9.87. The smallest absolute Gasteiger partial charge is 0.267 e. The molecule has 1 aromatic heterocycles. The van der Waals surface area contributed by atoms with Gasteiger partial charge in [-0.3, -0.25) is 15.0 Å². The summed E-state index contributed by atoms with van der Waals surface area (Å²) in [6, 6.07) is 20.5. The van der Waals surface area contributed by atoms with E-state index in [-0.39, 0.29) is 16.9 Å². The van der Waals surface area contributed by atoms with Gasteiger partial charge in [0.1, 0.15) is 0 Å². The summed E-state index contributed by atoms with van der Waals surface area (Å²) in [7, 11) is 0. The first-order valence-electron chi connectivity index (χ1n) is 10.7. The second-order valence-corrected chi connectivity index (χ2v) is 9.16. The summed E-state index contributed by atoms with van der Waals surface area (Å²) < 4.78 is 1.26. The van der Waals surface area contributed by atoms with Gasteiger partial charge in [0.15, 0.2) is 5.82 Å². The number of fused-ring (bicyclic) bond motifs is 1. The van der Waals surface area contributed by atoms with Crippen LogP contribution in [0, 0.1) is 13.8 Å². The minimum Gasteiger partial charge on any atom is -0.267 e. The Morgan fingerprint density at radius 1 is 0.906 bits per heavy atom. The van der Waals surface area contributed by atoms with Crippen molar-refractivity contribution in [1.82, 2.24) is 9.66 Å². The molecule has 4 aromatic rings. The second kappa shape index (κ2) is 8.08. The van der Waals surface area contributed by atoms with E-state index in [0.717, 1.165) is 22.3 Å². The van der Waals surface area contributed by atoms with Gasteiger partial charge in [-0.05, 0) is 66.3 Å². The topological polar surface area (TPSA) is 64.0 Å². The highest BCUT2D eigenvalue weighted by Gasteiger charge is 2.18. The molecule has 0 fully saturated rings. The van der Waals surface area contributed by atoms with Crippen LogP contribution >= 0.6 is 0 Å². The fraction of sp³-hybridized carbons (Fsp3) is 0.222. The van der Waals surface area contributed by atoms with Gasteiger partial charge in [-0.25, -0.2) is 4.98 Å². The summed E-state index contributed by atoms with van der Waals surface area (Å²) >= 11 is 0. The lowest BCUT2D eigenvalue weighted by Crippen LogP contribution is -2.35. The van der Waals surface area contributed by atoms with Crippen LogP contribution in [-0.4, -0.2) is 15.6 Å². The third-order valence-electron chi connectivity index (χ3n) is 5.77. The number of hydrogen-bond acceptors (Lipinski definition) is 3. The number of carbonyl (C=O) groups excluding carboxylic acids is 1. The number of hydrogen-bond donors (Lipinski definition) is 1. The molecule has 1 N–H and O–H groups in total. The van der Waals surface area contributed by atoms with Gasteiger partial charge >= 0.3 is 0 Å². The van der Waals surface area contributed by atoms with Crippen LogP contribution in [0.25, 0.3) is 22.3 Å². The van der Waals surface area contributed by atoms with Crippen LogP contribution < -0.4 is 11.0 Å². The minimum atomic E-state index is -0.366. The average molecular weight is 426 g/mol. The van der Waals surface area contributed by atoms with Crippen LogP contribution in [0.4, 0.5) is 0 Å². The summed E-state index contributed by atoms with van der Waals surface area (Å²) in [4.78, 5) is 31.1. The van der Waals surface area contributed by atoms with E-state index in [0.29, 0.717) is 22.3 Å². The Morgan fingerprint density at radius 3 is 2.25 bits per heavy atom. The molecule has 1 amide bonds. The molecule has 0 aliphatic carbocycles. The Labute approximate surface area is 187 Å². The van der Waals surface area contributed by atoms with E-state index >= 15 is 0 Å². The molecule has 0 bridgehead atoms. The van der Waals surface area contributed by atoms with E-state index in [9.17, 15) is 9.59 Å². The number of para-hydroxylation sites is 1. The van der Waals surface area contributed by atoms with Gasteiger partial charge in [0.2, 0.25) is 0 Å². The third-order valence-corrected chi connectivity index (χ3v) is 5.77. The first kappa shape index (κ1) is 21.5. The average Bonchev–Trinajstić information content (AvgIpc) is 2.77. The van der Waals surface area contributed by atoms with Crippen molar-refractivity contribution in [2.45, 2.75) is 40.0 Å². The first-order chi connectivity index (χ1) is 15.1. The SMILES string of the molecule is Cc1ccc(-c2nc3ccccc3c(=O)n2NC(=O)c2ccc(C(C)(C)C)cc2)cc1C. The lowest BCUT2D eigenvalue weighted by molar-refractivity contribution is 0.101. The summed E-state index contributed by atoms with van der Waals surface area (Å²) in [6.07, 6.45) is 0. The molecule has 0 atom stereocenters. The molecule has 4 rings (SSSR count). The number of aromatic nitrogens is 2. The Balaban J connectivity index is 1.82. The van der Waals surface area contributed by atoms with Crippen molar-refractivity contribution in [2.75, 3.05) is 5.43 Å². The van der Waals surface area contributed by atoms with Gasteiger partial charge < -0.3 is 0 Å². The highest BCUT2D eigenvalue weighted by atomic mass is 16.2. The first-order valence-corrected chi connectivity index (χ1v) is 10.7. The molecule has 0 saturated heterocycles. The summed E-state index contributed by atoms with van der Waals surface area (Å²) in [6.45, 7) is 10.4.